The lowest BCUT2D eigenvalue weighted by atomic mass is 10.3. The van der Waals surface area contributed by atoms with E-state index in [4.69, 9.17) is 12.2 Å². The maximum absolute atomic E-state index is 5.10. The van der Waals surface area contributed by atoms with E-state index >= 15 is 0 Å². The number of thiocarbonyl (C=S) groups is 1. The minimum Gasteiger partial charge on any atom is -0.359 e. The van der Waals surface area contributed by atoms with Crippen molar-refractivity contribution in [3.63, 3.8) is 0 Å². The van der Waals surface area contributed by atoms with Crippen molar-refractivity contribution >= 4 is 44.8 Å². The Kier molecular flexibility index (Phi) is 3.43. The zero-order valence-corrected chi connectivity index (χ0v) is 10.1. The van der Waals surface area contributed by atoms with Crippen LogP contribution in [0.25, 0.3) is 10.2 Å². The van der Waals surface area contributed by atoms with Crippen LogP contribution in [0.4, 0.5) is 5.69 Å². The number of hydrogen-bond acceptors (Lipinski definition) is 4. The minimum atomic E-state index is 0.572. The highest BCUT2D eigenvalue weighted by molar-refractivity contribution is 7.80. The summed E-state index contributed by atoms with van der Waals surface area (Å²) < 4.78 is 4.94. The highest BCUT2D eigenvalue weighted by atomic mass is 32.1. The molecule has 1 aromatic heterocycles. The molecule has 1 aromatic carbocycles. The molecule has 2 N–H and O–H groups in total. The lowest BCUT2D eigenvalue weighted by Gasteiger charge is -2.08. The molecule has 2 aromatic rings. The Morgan fingerprint density at radius 1 is 1.56 bits per heavy atom. The highest BCUT2D eigenvalue weighted by Gasteiger charge is 2.01. The van der Waals surface area contributed by atoms with Gasteiger partial charge in [0.25, 0.3) is 0 Å². The predicted octanol–water partition coefficient (Wildman–Crippen LogP) is 2.16. The third-order valence-corrected chi connectivity index (χ3v) is 2.86. The lowest BCUT2D eigenvalue weighted by Crippen LogP contribution is -2.28. The SMILES string of the molecule is C=CCNC(=S)Nc1ccc2snnc2c1. The Morgan fingerprint density at radius 2 is 2.44 bits per heavy atom. The van der Waals surface area contributed by atoms with Crippen molar-refractivity contribution in [3.8, 4) is 0 Å². The van der Waals surface area contributed by atoms with Gasteiger partial charge in [-0.3, -0.25) is 0 Å². The van der Waals surface area contributed by atoms with Gasteiger partial charge in [-0.05, 0) is 41.9 Å². The van der Waals surface area contributed by atoms with Gasteiger partial charge in [0.05, 0.1) is 4.70 Å². The normalized spacial score (nSPS) is 10.0. The lowest BCUT2D eigenvalue weighted by molar-refractivity contribution is 1.06. The van der Waals surface area contributed by atoms with Crippen molar-refractivity contribution in [2.24, 2.45) is 0 Å². The molecule has 82 valence electrons. The van der Waals surface area contributed by atoms with Gasteiger partial charge in [0.15, 0.2) is 5.11 Å². The molecule has 16 heavy (non-hydrogen) atoms. The molecule has 0 saturated heterocycles. The van der Waals surface area contributed by atoms with Crippen molar-refractivity contribution in [2.45, 2.75) is 0 Å². The average Bonchev–Trinajstić information content (AvgIpc) is 2.73. The van der Waals surface area contributed by atoms with Crippen molar-refractivity contribution in [1.82, 2.24) is 14.9 Å². The highest BCUT2D eigenvalue weighted by Crippen LogP contribution is 2.19. The van der Waals surface area contributed by atoms with Gasteiger partial charge < -0.3 is 10.6 Å². The fraction of sp³-hybridized carbons (Fsp3) is 0.100. The molecule has 0 bridgehead atoms. The predicted molar refractivity (Wildman–Crippen MR) is 71.8 cm³/mol. The van der Waals surface area contributed by atoms with E-state index in [0.29, 0.717) is 11.7 Å². The number of nitrogens with one attached hydrogen (secondary N) is 2. The molecule has 0 aliphatic heterocycles. The molecule has 4 nitrogen and oxygen atoms in total. The van der Waals surface area contributed by atoms with E-state index in [-0.39, 0.29) is 0 Å². The van der Waals surface area contributed by atoms with Crippen molar-refractivity contribution in [2.75, 3.05) is 11.9 Å². The Morgan fingerprint density at radius 3 is 3.25 bits per heavy atom. The van der Waals surface area contributed by atoms with Crippen LogP contribution in [0.15, 0.2) is 30.9 Å². The summed E-state index contributed by atoms with van der Waals surface area (Å²) in [5, 5.41) is 10.6. The van der Waals surface area contributed by atoms with Gasteiger partial charge in [0.2, 0.25) is 0 Å². The van der Waals surface area contributed by atoms with Crippen LogP contribution in [0.1, 0.15) is 0 Å². The first-order valence-electron chi connectivity index (χ1n) is 4.67. The van der Waals surface area contributed by atoms with Crippen molar-refractivity contribution in [1.29, 1.82) is 0 Å². The van der Waals surface area contributed by atoms with E-state index in [0.717, 1.165) is 15.9 Å². The van der Waals surface area contributed by atoms with Gasteiger partial charge in [-0.25, -0.2) is 0 Å². The molecular formula is C10H10N4S2. The molecule has 0 radical (unpaired) electrons. The Hall–Kier alpha value is -1.53. The van der Waals surface area contributed by atoms with Gasteiger partial charge >= 0.3 is 0 Å². The van der Waals surface area contributed by atoms with Crippen LogP contribution < -0.4 is 10.6 Å². The Bertz CT molecular complexity index is 520. The third-order valence-electron chi connectivity index (χ3n) is 1.91. The number of fused-ring (bicyclic) bond motifs is 1. The van der Waals surface area contributed by atoms with Crippen LogP contribution in [0, 0.1) is 0 Å². The van der Waals surface area contributed by atoms with Gasteiger partial charge in [0, 0.05) is 12.2 Å². The first-order valence-corrected chi connectivity index (χ1v) is 5.85. The summed E-state index contributed by atoms with van der Waals surface area (Å²) >= 11 is 6.48. The molecule has 1 heterocycles. The summed E-state index contributed by atoms with van der Waals surface area (Å²) in [6.07, 6.45) is 1.75. The molecular weight excluding hydrogens is 240 g/mol. The first kappa shape index (κ1) is 11.0. The maximum atomic E-state index is 5.10. The second kappa shape index (κ2) is 5.00. The fourth-order valence-electron chi connectivity index (χ4n) is 1.20. The standard InChI is InChI=1S/C10H10N4S2/c1-2-5-11-10(15)12-7-3-4-9-8(6-7)13-14-16-9/h2-4,6H,1,5H2,(H2,11,12,15). The van der Waals surface area contributed by atoms with Gasteiger partial charge in [-0.1, -0.05) is 10.6 Å². The van der Waals surface area contributed by atoms with Crippen LogP contribution in [0.3, 0.4) is 0 Å². The number of nitrogens with zero attached hydrogens (tertiary/aromatic N) is 2. The topological polar surface area (TPSA) is 49.8 Å². The maximum Gasteiger partial charge on any atom is 0.171 e. The number of benzene rings is 1. The van der Waals surface area contributed by atoms with Crippen molar-refractivity contribution in [3.05, 3.63) is 30.9 Å². The number of rotatable bonds is 3. The second-order valence-corrected chi connectivity index (χ2v) is 4.27. The quantitative estimate of drug-likeness (QED) is 0.646. The second-order valence-electron chi connectivity index (χ2n) is 3.08. The Balaban J connectivity index is 2.08. The molecule has 0 atom stereocenters. The van der Waals surface area contributed by atoms with Gasteiger partial charge in [-0.15, -0.1) is 11.7 Å². The molecule has 0 unspecified atom stereocenters. The first-order chi connectivity index (χ1) is 7.79. The van der Waals surface area contributed by atoms with E-state index in [9.17, 15) is 0 Å². The summed E-state index contributed by atoms with van der Waals surface area (Å²) in [7, 11) is 0. The molecule has 6 heteroatoms. The molecule has 0 aliphatic carbocycles. The third kappa shape index (κ3) is 2.53. The molecule has 0 fully saturated rings. The van der Waals surface area contributed by atoms with Crippen LogP contribution in [-0.2, 0) is 0 Å². The van der Waals surface area contributed by atoms with Crippen LogP contribution in [-0.4, -0.2) is 21.2 Å². The monoisotopic (exact) mass is 250 g/mol. The van der Waals surface area contributed by atoms with E-state index in [1.54, 1.807) is 6.08 Å². The smallest absolute Gasteiger partial charge is 0.171 e. The van der Waals surface area contributed by atoms with Gasteiger partial charge in [-0.2, -0.15) is 0 Å². The zero-order chi connectivity index (χ0) is 11.4. The summed E-state index contributed by atoms with van der Waals surface area (Å²) in [6, 6.07) is 5.84. The Labute approximate surface area is 103 Å². The van der Waals surface area contributed by atoms with E-state index in [1.165, 1.54) is 11.5 Å². The van der Waals surface area contributed by atoms with Crippen LogP contribution in [0.5, 0.6) is 0 Å². The van der Waals surface area contributed by atoms with Gasteiger partial charge in [0.1, 0.15) is 5.52 Å². The minimum absolute atomic E-state index is 0.572. The van der Waals surface area contributed by atoms with Crippen molar-refractivity contribution < 1.29 is 0 Å². The fourth-order valence-corrected chi connectivity index (χ4v) is 1.94. The average molecular weight is 250 g/mol. The number of hydrogen-bond donors (Lipinski definition) is 2. The number of aromatic nitrogens is 2. The largest absolute Gasteiger partial charge is 0.359 e. The summed E-state index contributed by atoms with van der Waals surface area (Å²) in [5.74, 6) is 0. The summed E-state index contributed by atoms with van der Waals surface area (Å²) in [6.45, 7) is 4.25. The van der Waals surface area contributed by atoms with Crippen LogP contribution >= 0.6 is 23.8 Å². The molecule has 0 amide bonds. The van der Waals surface area contributed by atoms with E-state index in [1.807, 2.05) is 18.2 Å². The van der Waals surface area contributed by atoms with Crippen LogP contribution in [0.2, 0.25) is 0 Å². The summed E-state index contributed by atoms with van der Waals surface area (Å²) in [4.78, 5) is 0. The molecule has 0 saturated carbocycles. The van der Waals surface area contributed by atoms with E-state index in [2.05, 4.69) is 26.8 Å². The summed E-state index contributed by atoms with van der Waals surface area (Å²) in [5.41, 5.74) is 1.78. The zero-order valence-electron chi connectivity index (χ0n) is 8.43. The molecule has 0 spiro atoms. The number of anilines is 1. The molecule has 2 rings (SSSR count). The molecule has 0 aliphatic rings. The van der Waals surface area contributed by atoms with E-state index < -0.39 is 0 Å².